The fourth-order valence-electron chi connectivity index (χ4n) is 3.54. The maximum Gasteiger partial charge on any atom is 0.254 e. The molecular formula is C17H23BrN2O3. The number of ether oxygens (including phenoxy) is 1. The van der Waals surface area contributed by atoms with Crippen molar-refractivity contribution in [2.45, 2.75) is 57.1 Å². The molecule has 3 rings (SSSR count). The zero-order valence-corrected chi connectivity index (χ0v) is 15.0. The van der Waals surface area contributed by atoms with Gasteiger partial charge in [-0.15, -0.1) is 0 Å². The highest BCUT2D eigenvalue weighted by atomic mass is 79.9. The van der Waals surface area contributed by atoms with Gasteiger partial charge in [0, 0.05) is 38.3 Å². The lowest BCUT2D eigenvalue weighted by atomic mass is 9.90. The lowest BCUT2D eigenvalue weighted by Gasteiger charge is -2.39. The van der Waals surface area contributed by atoms with Crippen LogP contribution in [0.5, 0.6) is 5.75 Å². The minimum Gasteiger partial charge on any atom is -0.489 e. The number of carbonyl (C=O) groups excluding carboxylic acids is 1. The summed E-state index contributed by atoms with van der Waals surface area (Å²) >= 11 is 3.45. The molecule has 0 unspecified atom stereocenters. The van der Waals surface area contributed by atoms with Crippen molar-refractivity contribution in [1.82, 2.24) is 9.47 Å². The number of aromatic nitrogens is 1. The highest BCUT2D eigenvalue weighted by Crippen LogP contribution is 2.31. The lowest BCUT2D eigenvalue weighted by Crippen LogP contribution is -2.45. The van der Waals surface area contributed by atoms with E-state index >= 15 is 0 Å². The van der Waals surface area contributed by atoms with Gasteiger partial charge in [-0.25, -0.2) is 0 Å². The summed E-state index contributed by atoms with van der Waals surface area (Å²) < 4.78 is 8.34. The molecule has 1 aliphatic heterocycles. The maximum absolute atomic E-state index is 12.0. The van der Waals surface area contributed by atoms with Crippen molar-refractivity contribution in [2.75, 3.05) is 6.54 Å². The first kappa shape index (κ1) is 16.6. The van der Waals surface area contributed by atoms with E-state index in [1.807, 2.05) is 0 Å². The quantitative estimate of drug-likeness (QED) is 0.807. The summed E-state index contributed by atoms with van der Waals surface area (Å²) in [6, 6.07) is 1.90. The topological polar surface area (TPSA) is 51.5 Å². The predicted octanol–water partition coefficient (Wildman–Crippen LogP) is 2.85. The van der Waals surface area contributed by atoms with Gasteiger partial charge in [-0.1, -0.05) is 0 Å². The summed E-state index contributed by atoms with van der Waals surface area (Å²) in [4.78, 5) is 25.9. The minimum atomic E-state index is -0.0733. The van der Waals surface area contributed by atoms with E-state index < -0.39 is 0 Å². The number of hydrogen-bond donors (Lipinski definition) is 0. The molecule has 0 aromatic carbocycles. The standard InChI is InChI=1S/C17H23BrN2O3/c1-19-11-14(18)15(10-17(19)22)23-13-7-5-12(6-8-13)20-9-3-2-4-16(20)21/h10-13H,2-9H2,1H3/t12-,13-. The van der Waals surface area contributed by atoms with E-state index in [9.17, 15) is 9.59 Å². The summed E-state index contributed by atoms with van der Waals surface area (Å²) in [6.45, 7) is 0.912. The number of rotatable bonds is 3. The SMILES string of the molecule is Cn1cc(Br)c(O[C@H]2CC[C@H](N3CCCCC3=O)CC2)cc1=O. The first-order valence-corrected chi connectivity index (χ1v) is 9.16. The average molecular weight is 383 g/mol. The Morgan fingerprint density at radius 2 is 1.91 bits per heavy atom. The zero-order chi connectivity index (χ0) is 16.4. The van der Waals surface area contributed by atoms with Gasteiger partial charge in [-0.3, -0.25) is 9.59 Å². The van der Waals surface area contributed by atoms with E-state index in [4.69, 9.17) is 4.74 Å². The van der Waals surface area contributed by atoms with Crippen LogP contribution in [0.3, 0.4) is 0 Å². The summed E-state index contributed by atoms with van der Waals surface area (Å²) in [5.74, 6) is 0.931. The molecule has 1 amide bonds. The monoisotopic (exact) mass is 382 g/mol. The van der Waals surface area contributed by atoms with Crippen LogP contribution in [0.2, 0.25) is 0 Å². The van der Waals surface area contributed by atoms with Crippen LogP contribution in [-0.2, 0) is 11.8 Å². The molecule has 0 bridgehead atoms. The molecule has 1 saturated heterocycles. The summed E-state index contributed by atoms with van der Waals surface area (Å²) in [7, 11) is 1.72. The van der Waals surface area contributed by atoms with Crippen LogP contribution in [0.25, 0.3) is 0 Å². The Balaban J connectivity index is 1.58. The second-order valence-corrected chi connectivity index (χ2v) is 7.38. The molecule has 1 saturated carbocycles. The molecule has 1 aromatic rings. The normalized spacial score (nSPS) is 25.5. The molecule has 2 heterocycles. The zero-order valence-electron chi connectivity index (χ0n) is 13.5. The van der Waals surface area contributed by atoms with Crippen molar-refractivity contribution in [3.63, 3.8) is 0 Å². The Kier molecular flexibility index (Phi) is 5.09. The van der Waals surface area contributed by atoms with Crippen LogP contribution in [0.15, 0.2) is 21.5 Å². The van der Waals surface area contributed by atoms with Crippen LogP contribution in [0.1, 0.15) is 44.9 Å². The number of halogens is 1. The van der Waals surface area contributed by atoms with E-state index in [1.54, 1.807) is 13.2 Å². The number of amides is 1. The van der Waals surface area contributed by atoms with E-state index in [2.05, 4.69) is 20.8 Å². The molecule has 1 aliphatic carbocycles. The average Bonchev–Trinajstić information content (AvgIpc) is 2.54. The van der Waals surface area contributed by atoms with Gasteiger partial charge in [0.15, 0.2) is 0 Å². The van der Waals surface area contributed by atoms with E-state index in [-0.39, 0.29) is 11.7 Å². The molecule has 23 heavy (non-hydrogen) atoms. The van der Waals surface area contributed by atoms with Crippen LogP contribution < -0.4 is 10.3 Å². The molecule has 2 fully saturated rings. The predicted molar refractivity (Wildman–Crippen MR) is 91.6 cm³/mol. The molecule has 0 N–H and O–H groups in total. The van der Waals surface area contributed by atoms with Crippen molar-refractivity contribution in [3.05, 3.63) is 27.1 Å². The largest absolute Gasteiger partial charge is 0.489 e. The Hall–Kier alpha value is -1.30. The minimum absolute atomic E-state index is 0.0733. The second-order valence-electron chi connectivity index (χ2n) is 6.53. The number of carbonyl (C=O) groups is 1. The van der Waals surface area contributed by atoms with Crippen molar-refractivity contribution < 1.29 is 9.53 Å². The molecule has 2 aliphatic rings. The third-order valence-electron chi connectivity index (χ3n) is 4.88. The Bertz CT molecular complexity index is 635. The smallest absolute Gasteiger partial charge is 0.254 e. The molecule has 1 aromatic heterocycles. The van der Waals surface area contributed by atoms with Gasteiger partial charge >= 0.3 is 0 Å². The molecular weight excluding hydrogens is 360 g/mol. The lowest BCUT2D eigenvalue weighted by molar-refractivity contribution is -0.136. The summed E-state index contributed by atoms with van der Waals surface area (Å²) in [5, 5.41) is 0. The van der Waals surface area contributed by atoms with Crippen molar-refractivity contribution >= 4 is 21.8 Å². The van der Waals surface area contributed by atoms with Crippen LogP contribution in [0.4, 0.5) is 0 Å². The fourth-order valence-corrected chi connectivity index (χ4v) is 4.05. The van der Waals surface area contributed by atoms with E-state index in [0.717, 1.165) is 49.5 Å². The first-order chi connectivity index (χ1) is 11.0. The van der Waals surface area contributed by atoms with Crippen LogP contribution in [-0.4, -0.2) is 34.1 Å². The number of nitrogens with zero attached hydrogens (tertiary/aromatic N) is 2. The molecule has 0 atom stereocenters. The number of likely N-dealkylation sites (tertiary alicyclic amines) is 1. The van der Waals surface area contributed by atoms with Gasteiger partial charge in [-0.2, -0.15) is 0 Å². The fraction of sp³-hybridized carbons (Fsp3) is 0.647. The second kappa shape index (κ2) is 7.07. The molecule has 126 valence electrons. The van der Waals surface area contributed by atoms with Gasteiger partial charge in [0.05, 0.1) is 10.6 Å². The third kappa shape index (κ3) is 3.79. The number of pyridine rings is 1. The van der Waals surface area contributed by atoms with Gasteiger partial charge in [0.25, 0.3) is 5.56 Å². The molecule has 0 spiro atoms. The Labute approximate surface area is 144 Å². The number of hydrogen-bond acceptors (Lipinski definition) is 3. The Morgan fingerprint density at radius 1 is 1.17 bits per heavy atom. The van der Waals surface area contributed by atoms with Crippen LogP contribution >= 0.6 is 15.9 Å². The highest BCUT2D eigenvalue weighted by molar-refractivity contribution is 9.10. The van der Waals surface area contributed by atoms with Gasteiger partial charge in [0.1, 0.15) is 5.75 Å². The summed E-state index contributed by atoms with van der Waals surface area (Å²) in [6.07, 6.45) is 8.54. The van der Waals surface area contributed by atoms with Gasteiger partial charge in [-0.05, 0) is 54.5 Å². The van der Waals surface area contributed by atoms with Gasteiger partial charge in [0.2, 0.25) is 5.91 Å². The van der Waals surface area contributed by atoms with E-state index in [1.165, 1.54) is 10.6 Å². The highest BCUT2D eigenvalue weighted by Gasteiger charge is 2.30. The Morgan fingerprint density at radius 3 is 2.61 bits per heavy atom. The van der Waals surface area contributed by atoms with Gasteiger partial charge < -0.3 is 14.2 Å². The molecule has 5 nitrogen and oxygen atoms in total. The number of piperidine rings is 1. The van der Waals surface area contributed by atoms with Crippen molar-refractivity contribution in [2.24, 2.45) is 7.05 Å². The van der Waals surface area contributed by atoms with E-state index in [0.29, 0.717) is 24.1 Å². The summed E-state index contributed by atoms with van der Waals surface area (Å²) in [5.41, 5.74) is -0.0733. The molecule has 6 heteroatoms. The van der Waals surface area contributed by atoms with Crippen molar-refractivity contribution in [1.29, 1.82) is 0 Å². The maximum atomic E-state index is 12.0. The third-order valence-corrected chi connectivity index (χ3v) is 5.48. The van der Waals surface area contributed by atoms with Crippen LogP contribution in [0, 0.1) is 0 Å². The van der Waals surface area contributed by atoms with Crippen molar-refractivity contribution in [3.8, 4) is 5.75 Å². The number of aryl methyl sites for hydroxylation is 1. The molecule has 0 radical (unpaired) electrons. The first-order valence-electron chi connectivity index (χ1n) is 8.37.